The summed E-state index contributed by atoms with van der Waals surface area (Å²) >= 11 is 0. The van der Waals surface area contributed by atoms with Gasteiger partial charge >= 0.3 is 6.09 Å². The highest BCUT2D eigenvalue weighted by atomic mass is 16.6. The van der Waals surface area contributed by atoms with E-state index in [4.69, 9.17) is 4.74 Å². The Labute approximate surface area is 137 Å². The standard InChI is InChI=1S/C17H27N3O3/c1-5-19-12-13(8-9-15(19)21)18-11-14-7-6-10-20(14)16(22)23-17(2,3)4/h8-9,12,14,18H,5-7,10-11H2,1-4H3. The maximum Gasteiger partial charge on any atom is 0.410 e. The lowest BCUT2D eigenvalue weighted by atomic mass is 10.2. The highest BCUT2D eigenvalue weighted by Gasteiger charge is 2.31. The van der Waals surface area contributed by atoms with Gasteiger partial charge in [0.1, 0.15) is 5.60 Å². The molecule has 1 aliphatic heterocycles. The van der Waals surface area contributed by atoms with Gasteiger partial charge in [-0.2, -0.15) is 0 Å². The van der Waals surface area contributed by atoms with Crippen LogP contribution in [0.2, 0.25) is 0 Å². The molecule has 0 saturated carbocycles. The molecule has 128 valence electrons. The molecular weight excluding hydrogens is 294 g/mol. The molecular formula is C17H27N3O3. The molecule has 1 amide bonds. The number of pyridine rings is 1. The molecule has 1 atom stereocenters. The fraction of sp³-hybridized carbons (Fsp3) is 0.647. The fourth-order valence-electron chi connectivity index (χ4n) is 2.73. The number of nitrogens with zero attached hydrogens (tertiary/aromatic N) is 2. The van der Waals surface area contributed by atoms with Gasteiger partial charge in [0.25, 0.3) is 5.56 Å². The van der Waals surface area contributed by atoms with E-state index in [1.165, 1.54) is 0 Å². The SMILES string of the molecule is CCn1cc(NCC2CCCN2C(=O)OC(C)(C)C)ccc1=O. The van der Waals surface area contributed by atoms with Crippen LogP contribution in [0, 0.1) is 0 Å². The van der Waals surface area contributed by atoms with Crippen molar-refractivity contribution in [1.29, 1.82) is 0 Å². The van der Waals surface area contributed by atoms with Gasteiger partial charge < -0.3 is 19.5 Å². The number of aryl methyl sites for hydroxylation is 1. The van der Waals surface area contributed by atoms with Crippen molar-refractivity contribution < 1.29 is 9.53 Å². The Morgan fingerprint density at radius 3 is 2.78 bits per heavy atom. The van der Waals surface area contributed by atoms with Gasteiger partial charge in [-0.05, 0) is 46.6 Å². The van der Waals surface area contributed by atoms with E-state index >= 15 is 0 Å². The van der Waals surface area contributed by atoms with Crippen molar-refractivity contribution in [3.8, 4) is 0 Å². The Morgan fingerprint density at radius 2 is 2.13 bits per heavy atom. The van der Waals surface area contributed by atoms with Crippen LogP contribution in [0.5, 0.6) is 0 Å². The number of carbonyl (C=O) groups is 1. The van der Waals surface area contributed by atoms with E-state index in [-0.39, 0.29) is 17.7 Å². The summed E-state index contributed by atoms with van der Waals surface area (Å²) in [6.07, 6.45) is 3.51. The number of ether oxygens (including phenoxy) is 1. The molecule has 1 aromatic rings. The quantitative estimate of drug-likeness (QED) is 0.926. The molecule has 0 bridgehead atoms. The first-order valence-electron chi connectivity index (χ1n) is 8.24. The Morgan fingerprint density at radius 1 is 1.39 bits per heavy atom. The topological polar surface area (TPSA) is 63.6 Å². The van der Waals surface area contributed by atoms with E-state index in [9.17, 15) is 9.59 Å². The second kappa shape index (κ2) is 7.06. The molecule has 6 nitrogen and oxygen atoms in total. The van der Waals surface area contributed by atoms with Crippen LogP contribution in [0.1, 0.15) is 40.5 Å². The number of rotatable bonds is 4. The van der Waals surface area contributed by atoms with Gasteiger partial charge in [-0.15, -0.1) is 0 Å². The third kappa shape index (κ3) is 4.74. The largest absolute Gasteiger partial charge is 0.444 e. The monoisotopic (exact) mass is 321 g/mol. The molecule has 1 unspecified atom stereocenters. The molecule has 6 heteroatoms. The summed E-state index contributed by atoms with van der Waals surface area (Å²) < 4.78 is 7.13. The van der Waals surface area contributed by atoms with Gasteiger partial charge in [0.05, 0.1) is 11.7 Å². The molecule has 23 heavy (non-hydrogen) atoms. The van der Waals surface area contributed by atoms with E-state index < -0.39 is 5.60 Å². The minimum Gasteiger partial charge on any atom is -0.444 e. The van der Waals surface area contributed by atoms with Crippen molar-refractivity contribution in [2.24, 2.45) is 0 Å². The van der Waals surface area contributed by atoms with Crippen LogP contribution in [0.15, 0.2) is 23.1 Å². The first-order valence-corrected chi connectivity index (χ1v) is 8.24. The van der Waals surface area contributed by atoms with Gasteiger partial charge in [-0.25, -0.2) is 4.79 Å². The summed E-state index contributed by atoms with van der Waals surface area (Å²) in [5.74, 6) is 0. The van der Waals surface area contributed by atoms with Crippen molar-refractivity contribution in [1.82, 2.24) is 9.47 Å². The van der Waals surface area contributed by atoms with Gasteiger partial charge in [-0.1, -0.05) is 0 Å². The smallest absolute Gasteiger partial charge is 0.410 e. The van der Waals surface area contributed by atoms with E-state index in [1.54, 1.807) is 21.6 Å². The molecule has 1 N–H and O–H groups in total. The molecule has 2 rings (SSSR count). The van der Waals surface area contributed by atoms with Gasteiger partial charge in [-0.3, -0.25) is 4.79 Å². The van der Waals surface area contributed by atoms with Crippen molar-refractivity contribution in [3.63, 3.8) is 0 Å². The van der Waals surface area contributed by atoms with Gasteiger partial charge in [0, 0.05) is 31.9 Å². The maximum absolute atomic E-state index is 12.3. The number of hydrogen-bond donors (Lipinski definition) is 1. The van der Waals surface area contributed by atoms with Crippen LogP contribution < -0.4 is 10.9 Å². The van der Waals surface area contributed by atoms with E-state index in [0.29, 0.717) is 13.1 Å². The minimum atomic E-state index is -0.478. The molecule has 0 spiro atoms. The normalized spacial score (nSPS) is 18.1. The van der Waals surface area contributed by atoms with Crippen LogP contribution in [-0.2, 0) is 11.3 Å². The number of likely N-dealkylation sites (tertiary alicyclic amines) is 1. The average Bonchev–Trinajstić information content (AvgIpc) is 2.93. The van der Waals surface area contributed by atoms with Crippen LogP contribution >= 0.6 is 0 Å². The second-order valence-corrected chi connectivity index (χ2v) is 6.89. The van der Waals surface area contributed by atoms with Crippen LogP contribution in [0.3, 0.4) is 0 Å². The summed E-state index contributed by atoms with van der Waals surface area (Å²) in [6.45, 7) is 9.59. The number of hydrogen-bond acceptors (Lipinski definition) is 4. The minimum absolute atomic E-state index is 0.00528. The Hall–Kier alpha value is -1.98. The Kier molecular flexibility index (Phi) is 5.34. The zero-order valence-corrected chi connectivity index (χ0v) is 14.5. The van der Waals surface area contributed by atoms with E-state index in [1.807, 2.05) is 33.9 Å². The summed E-state index contributed by atoms with van der Waals surface area (Å²) in [5.41, 5.74) is 0.408. The van der Waals surface area contributed by atoms with Crippen molar-refractivity contribution in [3.05, 3.63) is 28.7 Å². The fourth-order valence-corrected chi connectivity index (χ4v) is 2.73. The summed E-state index contributed by atoms with van der Waals surface area (Å²) in [7, 11) is 0. The lowest BCUT2D eigenvalue weighted by molar-refractivity contribution is 0.0235. The summed E-state index contributed by atoms with van der Waals surface area (Å²) in [4.78, 5) is 25.7. The number of aromatic nitrogens is 1. The number of nitrogens with one attached hydrogen (secondary N) is 1. The molecule has 1 saturated heterocycles. The van der Waals surface area contributed by atoms with Gasteiger partial charge in [0.2, 0.25) is 0 Å². The Bertz CT molecular complexity index is 604. The van der Waals surface area contributed by atoms with Crippen LogP contribution in [0.25, 0.3) is 0 Å². The molecule has 0 radical (unpaired) electrons. The third-order valence-electron chi connectivity index (χ3n) is 3.87. The zero-order valence-electron chi connectivity index (χ0n) is 14.5. The number of anilines is 1. The second-order valence-electron chi connectivity index (χ2n) is 6.89. The maximum atomic E-state index is 12.3. The molecule has 1 aromatic heterocycles. The summed E-state index contributed by atoms with van der Waals surface area (Å²) in [6, 6.07) is 3.46. The zero-order chi connectivity index (χ0) is 17.0. The third-order valence-corrected chi connectivity index (χ3v) is 3.87. The van der Waals surface area contributed by atoms with E-state index in [0.717, 1.165) is 25.1 Å². The number of carbonyl (C=O) groups excluding carboxylic acids is 1. The highest BCUT2D eigenvalue weighted by molar-refractivity contribution is 5.69. The van der Waals surface area contributed by atoms with Crippen molar-refractivity contribution in [2.75, 3.05) is 18.4 Å². The van der Waals surface area contributed by atoms with Crippen LogP contribution in [-0.4, -0.2) is 40.3 Å². The van der Waals surface area contributed by atoms with Gasteiger partial charge in [0.15, 0.2) is 0 Å². The lowest BCUT2D eigenvalue weighted by Crippen LogP contribution is -2.42. The Balaban J connectivity index is 1.96. The lowest BCUT2D eigenvalue weighted by Gasteiger charge is -2.29. The predicted octanol–water partition coefficient (Wildman–Crippen LogP) is 2.68. The van der Waals surface area contributed by atoms with Crippen LogP contribution in [0.4, 0.5) is 10.5 Å². The van der Waals surface area contributed by atoms with Crippen molar-refractivity contribution >= 4 is 11.8 Å². The average molecular weight is 321 g/mol. The highest BCUT2D eigenvalue weighted by Crippen LogP contribution is 2.21. The first-order chi connectivity index (χ1) is 10.8. The molecule has 1 aliphatic rings. The predicted molar refractivity (Wildman–Crippen MR) is 90.8 cm³/mol. The molecule has 2 heterocycles. The summed E-state index contributed by atoms with van der Waals surface area (Å²) in [5, 5.41) is 3.33. The molecule has 0 aromatic carbocycles. The number of amides is 1. The van der Waals surface area contributed by atoms with Crippen molar-refractivity contribution in [2.45, 2.75) is 58.7 Å². The molecule has 1 fully saturated rings. The first kappa shape index (κ1) is 17.4. The van der Waals surface area contributed by atoms with E-state index in [2.05, 4.69) is 5.32 Å². The molecule has 0 aliphatic carbocycles.